The molecule has 1 rings (SSSR count). The molecule has 0 spiro atoms. The van der Waals surface area contributed by atoms with Crippen LogP contribution in [0.1, 0.15) is 12.5 Å². The first-order chi connectivity index (χ1) is 7.63. The van der Waals surface area contributed by atoms with Crippen molar-refractivity contribution >= 4 is 5.97 Å². The highest BCUT2D eigenvalue weighted by Crippen LogP contribution is 2.08. The number of nitrogens with zero attached hydrogens (tertiary/aromatic N) is 2. The van der Waals surface area contributed by atoms with Crippen molar-refractivity contribution in [2.75, 3.05) is 6.54 Å². The van der Waals surface area contributed by atoms with Crippen molar-refractivity contribution in [2.24, 2.45) is 5.29 Å². The van der Waals surface area contributed by atoms with Crippen LogP contribution in [0.15, 0.2) is 35.6 Å². The maximum atomic E-state index is 10.5. The Bertz CT molecular complexity index is 354. The zero-order valence-electron chi connectivity index (χ0n) is 9.04. The van der Waals surface area contributed by atoms with Crippen LogP contribution in [0.3, 0.4) is 0 Å². The van der Waals surface area contributed by atoms with Gasteiger partial charge in [0.25, 0.3) is 0 Å². The number of carboxylic acids is 1. The maximum Gasteiger partial charge on any atom is 0.325 e. The van der Waals surface area contributed by atoms with E-state index in [4.69, 9.17) is 5.11 Å². The minimum atomic E-state index is -1.06. The van der Waals surface area contributed by atoms with Gasteiger partial charge in [-0.1, -0.05) is 30.3 Å². The highest BCUT2D eigenvalue weighted by Gasteiger charge is 2.16. The topological polar surface area (TPSA) is 70.0 Å². The summed E-state index contributed by atoms with van der Waals surface area (Å²) in [6.45, 7) is 1.41. The molecule has 0 aliphatic rings. The van der Waals surface area contributed by atoms with Crippen molar-refractivity contribution in [3.05, 3.63) is 40.8 Å². The van der Waals surface area contributed by atoms with Gasteiger partial charge in [0.05, 0.1) is 11.3 Å². The minimum Gasteiger partial charge on any atom is -0.480 e. The SMILES string of the molecule is C[C@H](Cc1ccccc1)N(CC(=O)O)N=O. The molecule has 0 saturated carbocycles. The van der Waals surface area contributed by atoms with Gasteiger partial charge in [0.2, 0.25) is 0 Å². The zero-order chi connectivity index (χ0) is 12.0. The lowest BCUT2D eigenvalue weighted by atomic mass is 10.1. The van der Waals surface area contributed by atoms with E-state index in [1.54, 1.807) is 6.92 Å². The Kier molecular flexibility index (Phi) is 4.44. The monoisotopic (exact) mass is 222 g/mol. The van der Waals surface area contributed by atoms with E-state index in [0.29, 0.717) is 6.42 Å². The fourth-order valence-corrected chi connectivity index (χ4v) is 1.46. The molecule has 0 bridgehead atoms. The van der Waals surface area contributed by atoms with Crippen molar-refractivity contribution in [2.45, 2.75) is 19.4 Å². The summed E-state index contributed by atoms with van der Waals surface area (Å²) in [5.41, 5.74) is 1.05. The molecular weight excluding hydrogens is 208 g/mol. The van der Waals surface area contributed by atoms with Crippen molar-refractivity contribution < 1.29 is 9.90 Å². The third-order valence-electron chi connectivity index (χ3n) is 2.28. The van der Waals surface area contributed by atoms with E-state index in [1.807, 2.05) is 30.3 Å². The van der Waals surface area contributed by atoms with Gasteiger partial charge in [0, 0.05) is 0 Å². The standard InChI is InChI=1S/C11H14N2O3/c1-9(13(12-16)8-11(14)15)7-10-5-3-2-4-6-10/h2-6,9H,7-8H2,1H3,(H,14,15)/t9-/m1/s1. The molecule has 5 heteroatoms. The average Bonchev–Trinajstić information content (AvgIpc) is 2.26. The van der Waals surface area contributed by atoms with Crippen LogP contribution in [0.2, 0.25) is 0 Å². The molecule has 0 saturated heterocycles. The second-order valence-corrected chi connectivity index (χ2v) is 3.61. The van der Waals surface area contributed by atoms with Crippen molar-refractivity contribution in [3.63, 3.8) is 0 Å². The van der Waals surface area contributed by atoms with Gasteiger partial charge in [0.1, 0.15) is 6.54 Å². The molecule has 86 valence electrons. The van der Waals surface area contributed by atoms with E-state index in [1.165, 1.54) is 0 Å². The molecule has 16 heavy (non-hydrogen) atoms. The van der Waals surface area contributed by atoms with Gasteiger partial charge in [0.15, 0.2) is 0 Å². The summed E-state index contributed by atoms with van der Waals surface area (Å²) in [5.74, 6) is -1.06. The third kappa shape index (κ3) is 3.68. The lowest BCUT2D eigenvalue weighted by Gasteiger charge is -2.20. The lowest BCUT2D eigenvalue weighted by molar-refractivity contribution is -0.138. The second-order valence-electron chi connectivity index (χ2n) is 3.61. The molecule has 1 atom stereocenters. The molecule has 0 fully saturated rings. The van der Waals surface area contributed by atoms with Crippen LogP contribution in [-0.2, 0) is 11.2 Å². The average molecular weight is 222 g/mol. The zero-order valence-corrected chi connectivity index (χ0v) is 9.04. The Hall–Kier alpha value is -1.91. The van der Waals surface area contributed by atoms with Crippen LogP contribution in [0.4, 0.5) is 0 Å². The number of nitroso groups, excluding NO2 is 1. The Balaban J connectivity index is 2.59. The minimum absolute atomic E-state index is 0.226. The van der Waals surface area contributed by atoms with Crippen LogP contribution in [0.5, 0.6) is 0 Å². The molecule has 0 radical (unpaired) electrons. The number of carboxylic acid groups (broad SMARTS) is 1. The van der Waals surface area contributed by atoms with Gasteiger partial charge in [-0.2, -0.15) is 0 Å². The van der Waals surface area contributed by atoms with Gasteiger partial charge in [-0.05, 0) is 18.9 Å². The molecule has 0 unspecified atom stereocenters. The molecule has 0 aromatic heterocycles. The van der Waals surface area contributed by atoms with E-state index in [9.17, 15) is 9.70 Å². The van der Waals surface area contributed by atoms with Gasteiger partial charge in [-0.15, -0.1) is 4.91 Å². The maximum absolute atomic E-state index is 10.5. The summed E-state index contributed by atoms with van der Waals surface area (Å²) < 4.78 is 0. The first-order valence-electron chi connectivity index (χ1n) is 4.99. The van der Waals surface area contributed by atoms with E-state index < -0.39 is 5.97 Å². The predicted octanol–water partition coefficient (Wildman–Crippen LogP) is 1.69. The van der Waals surface area contributed by atoms with Gasteiger partial charge < -0.3 is 5.11 Å². The number of hydrogen-bond acceptors (Lipinski definition) is 3. The summed E-state index contributed by atoms with van der Waals surface area (Å²) in [6, 6.07) is 9.34. The van der Waals surface area contributed by atoms with Crippen LogP contribution in [0.25, 0.3) is 0 Å². The fourth-order valence-electron chi connectivity index (χ4n) is 1.46. The number of benzene rings is 1. The molecular formula is C11H14N2O3. The molecule has 1 N–H and O–H groups in total. The normalized spacial score (nSPS) is 11.8. The summed E-state index contributed by atoms with van der Waals surface area (Å²) in [6.07, 6.45) is 0.597. The van der Waals surface area contributed by atoms with Crippen molar-refractivity contribution in [1.82, 2.24) is 5.01 Å². The van der Waals surface area contributed by atoms with E-state index in [-0.39, 0.29) is 12.6 Å². The number of carbonyl (C=O) groups is 1. The van der Waals surface area contributed by atoms with Crippen molar-refractivity contribution in [3.8, 4) is 0 Å². The third-order valence-corrected chi connectivity index (χ3v) is 2.28. The van der Waals surface area contributed by atoms with E-state index >= 15 is 0 Å². The van der Waals surface area contributed by atoms with Gasteiger partial charge in [-0.3, -0.25) is 4.79 Å². The molecule has 0 aliphatic heterocycles. The van der Waals surface area contributed by atoms with Crippen LogP contribution >= 0.6 is 0 Å². The van der Waals surface area contributed by atoms with Crippen LogP contribution in [0, 0.1) is 4.91 Å². The Labute approximate surface area is 93.6 Å². The first-order valence-corrected chi connectivity index (χ1v) is 4.99. The second kappa shape index (κ2) is 5.85. The highest BCUT2D eigenvalue weighted by molar-refractivity contribution is 5.69. The molecule has 0 aliphatic carbocycles. The Morgan fingerprint density at radius 3 is 2.56 bits per heavy atom. The largest absolute Gasteiger partial charge is 0.480 e. The number of rotatable bonds is 6. The fraction of sp³-hybridized carbons (Fsp3) is 0.364. The lowest BCUT2D eigenvalue weighted by Crippen LogP contribution is -2.34. The Morgan fingerprint density at radius 2 is 2.06 bits per heavy atom. The van der Waals surface area contributed by atoms with Gasteiger partial charge in [-0.25, -0.2) is 5.01 Å². The van der Waals surface area contributed by atoms with Crippen LogP contribution in [-0.4, -0.2) is 28.7 Å². The first kappa shape index (κ1) is 12.2. The Morgan fingerprint density at radius 1 is 1.44 bits per heavy atom. The molecule has 0 amide bonds. The van der Waals surface area contributed by atoms with E-state index in [2.05, 4.69) is 5.29 Å². The molecule has 1 aromatic carbocycles. The predicted molar refractivity (Wildman–Crippen MR) is 59.7 cm³/mol. The summed E-state index contributed by atoms with van der Waals surface area (Å²) >= 11 is 0. The van der Waals surface area contributed by atoms with E-state index in [0.717, 1.165) is 10.6 Å². The van der Waals surface area contributed by atoms with Crippen LogP contribution < -0.4 is 0 Å². The molecule has 0 heterocycles. The highest BCUT2D eigenvalue weighted by atomic mass is 16.4. The summed E-state index contributed by atoms with van der Waals surface area (Å²) in [7, 11) is 0. The summed E-state index contributed by atoms with van der Waals surface area (Å²) in [5, 5.41) is 12.4. The van der Waals surface area contributed by atoms with Gasteiger partial charge >= 0.3 is 5.97 Å². The smallest absolute Gasteiger partial charge is 0.325 e. The number of hydrogen-bond donors (Lipinski definition) is 1. The summed E-state index contributed by atoms with van der Waals surface area (Å²) in [4.78, 5) is 21.0. The number of aliphatic carboxylic acids is 1. The quantitative estimate of drug-likeness (QED) is 0.587. The molecule has 5 nitrogen and oxygen atoms in total. The van der Waals surface area contributed by atoms with Crippen molar-refractivity contribution in [1.29, 1.82) is 0 Å². The molecule has 1 aromatic rings.